The van der Waals surface area contributed by atoms with Crippen LogP contribution in [0.5, 0.6) is 5.75 Å². The van der Waals surface area contributed by atoms with E-state index in [1.807, 2.05) is 12.1 Å². The maximum atomic E-state index is 5.68. The number of hydrogen-bond acceptors (Lipinski definition) is 4. The Bertz CT molecular complexity index is 481. The van der Waals surface area contributed by atoms with Gasteiger partial charge in [0.25, 0.3) is 0 Å². The van der Waals surface area contributed by atoms with Crippen molar-refractivity contribution in [1.82, 2.24) is 9.88 Å². The summed E-state index contributed by atoms with van der Waals surface area (Å²) in [6, 6.07) is 8.29. The molecule has 0 N–H and O–H groups in total. The van der Waals surface area contributed by atoms with Gasteiger partial charge in [0.05, 0.1) is 19.2 Å². The lowest BCUT2D eigenvalue weighted by atomic mass is 10.2. The summed E-state index contributed by atoms with van der Waals surface area (Å²) < 4.78 is 10.8. The molecule has 0 fully saturated rings. The third-order valence-corrected chi connectivity index (χ3v) is 3.29. The first-order chi connectivity index (χ1) is 9.81. The van der Waals surface area contributed by atoms with E-state index in [0.717, 1.165) is 25.4 Å². The van der Waals surface area contributed by atoms with Gasteiger partial charge in [-0.25, -0.2) is 4.98 Å². The lowest BCUT2D eigenvalue weighted by molar-refractivity contribution is 0.294. The predicted octanol–water partition coefficient (Wildman–Crippen LogP) is 3.56. The smallest absolute Gasteiger partial charge is 0.197 e. The van der Waals surface area contributed by atoms with E-state index in [-0.39, 0.29) is 12.4 Å². The topological polar surface area (TPSA) is 38.5 Å². The SMILES string of the molecule is CCN(CC)Cc1ccc(OCCc2ncco2)cc1.Cl. The summed E-state index contributed by atoms with van der Waals surface area (Å²) in [6.07, 6.45) is 3.92. The van der Waals surface area contributed by atoms with Crippen molar-refractivity contribution in [2.75, 3.05) is 19.7 Å². The standard InChI is InChI=1S/C16H22N2O2.ClH/c1-3-18(4-2)13-14-5-7-15(8-6-14)19-11-9-16-17-10-12-20-16;/h5-8,10,12H,3-4,9,11,13H2,1-2H3;1H. The minimum atomic E-state index is 0. The van der Waals surface area contributed by atoms with Crippen LogP contribution in [0.1, 0.15) is 25.3 Å². The van der Waals surface area contributed by atoms with E-state index < -0.39 is 0 Å². The van der Waals surface area contributed by atoms with E-state index in [9.17, 15) is 0 Å². The molecule has 0 saturated carbocycles. The highest BCUT2D eigenvalue weighted by Gasteiger charge is 2.02. The number of rotatable bonds is 8. The van der Waals surface area contributed by atoms with Crippen LogP contribution in [0, 0.1) is 0 Å². The summed E-state index contributed by atoms with van der Waals surface area (Å²) in [7, 11) is 0. The molecule has 1 aromatic heterocycles. The van der Waals surface area contributed by atoms with Crippen molar-refractivity contribution in [2.45, 2.75) is 26.8 Å². The van der Waals surface area contributed by atoms with Crippen LogP contribution in [0.25, 0.3) is 0 Å². The van der Waals surface area contributed by atoms with Crippen LogP contribution in [0.4, 0.5) is 0 Å². The zero-order valence-electron chi connectivity index (χ0n) is 12.6. The van der Waals surface area contributed by atoms with Gasteiger partial charge in [-0.05, 0) is 30.8 Å². The molecule has 0 amide bonds. The molecule has 2 aromatic rings. The van der Waals surface area contributed by atoms with Gasteiger partial charge in [-0.15, -0.1) is 12.4 Å². The van der Waals surface area contributed by atoms with Crippen LogP contribution >= 0.6 is 12.4 Å². The molecule has 0 unspecified atom stereocenters. The second-order valence-corrected chi connectivity index (χ2v) is 4.63. The van der Waals surface area contributed by atoms with Crippen molar-refractivity contribution in [3.8, 4) is 5.75 Å². The van der Waals surface area contributed by atoms with Gasteiger partial charge >= 0.3 is 0 Å². The first kappa shape index (κ1) is 17.5. The predicted molar refractivity (Wildman–Crippen MR) is 86.0 cm³/mol. The van der Waals surface area contributed by atoms with Crippen LogP contribution in [0.15, 0.2) is 41.1 Å². The molecule has 0 spiro atoms. The Morgan fingerprint density at radius 2 is 1.86 bits per heavy atom. The highest BCUT2D eigenvalue weighted by Crippen LogP contribution is 2.14. The molecular formula is C16H23ClN2O2. The van der Waals surface area contributed by atoms with Gasteiger partial charge in [0.15, 0.2) is 5.89 Å². The zero-order chi connectivity index (χ0) is 14.2. The molecule has 0 aliphatic heterocycles. The van der Waals surface area contributed by atoms with Crippen LogP contribution in [0.2, 0.25) is 0 Å². The van der Waals surface area contributed by atoms with Gasteiger partial charge in [-0.1, -0.05) is 26.0 Å². The fourth-order valence-electron chi connectivity index (χ4n) is 2.03. The number of ether oxygens (including phenoxy) is 1. The van der Waals surface area contributed by atoms with Gasteiger partial charge < -0.3 is 9.15 Å². The molecule has 1 heterocycles. The number of aromatic nitrogens is 1. The summed E-state index contributed by atoms with van der Waals surface area (Å²) in [6.45, 7) is 8.09. The Kier molecular flexibility index (Phi) is 7.87. The maximum absolute atomic E-state index is 5.68. The first-order valence-corrected chi connectivity index (χ1v) is 7.14. The minimum absolute atomic E-state index is 0. The average Bonchev–Trinajstić information content (AvgIpc) is 2.99. The molecule has 4 nitrogen and oxygen atoms in total. The van der Waals surface area contributed by atoms with Crippen LogP contribution in [0.3, 0.4) is 0 Å². The maximum Gasteiger partial charge on any atom is 0.197 e. The van der Waals surface area contributed by atoms with Crippen molar-refractivity contribution in [3.63, 3.8) is 0 Å². The summed E-state index contributed by atoms with van der Waals surface area (Å²) in [5.41, 5.74) is 1.31. The fraction of sp³-hybridized carbons (Fsp3) is 0.438. The van der Waals surface area contributed by atoms with E-state index in [0.29, 0.717) is 18.9 Å². The molecule has 0 bridgehead atoms. The Balaban J connectivity index is 0.00000220. The minimum Gasteiger partial charge on any atom is -0.493 e. The molecule has 0 aliphatic carbocycles. The summed E-state index contributed by atoms with van der Waals surface area (Å²) in [4.78, 5) is 6.45. The zero-order valence-corrected chi connectivity index (χ0v) is 13.4. The van der Waals surface area contributed by atoms with E-state index in [1.54, 1.807) is 12.5 Å². The van der Waals surface area contributed by atoms with E-state index in [1.165, 1.54) is 5.56 Å². The lowest BCUT2D eigenvalue weighted by Crippen LogP contribution is -2.21. The Labute approximate surface area is 132 Å². The average molecular weight is 311 g/mol. The molecular weight excluding hydrogens is 288 g/mol. The molecule has 0 aliphatic rings. The number of nitrogens with zero attached hydrogens (tertiary/aromatic N) is 2. The lowest BCUT2D eigenvalue weighted by Gasteiger charge is -2.18. The number of benzene rings is 1. The summed E-state index contributed by atoms with van der Waals surface area (Å²) in [5.74, 6) is 1.60. The van der Waals surface area contributed by atoms with Gasteiger partial charge in [0.2, 0.25) is 0 Å². The molecule has 0 atom stereocenters. The highest BCUT2D eigenvalue weighted by molar-refractivity contribution is 5.85. The number of oxazole rings is 1. The Morgan fingerprint density at radius 3 is 2.43 bits per heavy atom. The van der Waals surface area contributed by atoms with Crippen LogP contribution in [-0.4, -0.2) is 29.6 Å². The fourth-order valence-corrected chi connectivity index (χ4v) is 2.03. The number of hydrogen-bond donors (Lipinski definition) is 0. The largest absolute Gasteiger partial charge is 0.493 e. The first-order valence-electron chi connectivity index (χ1n) is 7.14. The Morgan fingerprint density at radius 1 is 1.14 bits per heavy atom. The van der Waals surface area contributed by atoms with Crippen molar-refractivity contribution >= 4 is 12.4 Å². The quantitative estimate of drug-likeness (QED) is 0.747. The molecule has 21 heavy (non-hydrogen) atoms. The summed E-state index contributed by atoms with van der Waals surface area (Å²) in [5, 5.41) is 0. The normalized spacial score (nSPS) is 10.4. The molecule has 2 rings (SSSR count). The van der Waals surface area contributed by atoms with Crippen molar-refractivity contribution < 1.29 is 9.15 Å². The molecule has 0 saturated heterocycles. The monoisotopic (exact) mass is 310 g/mol. The summed E-state index contributed by atoms with van der Waals surface area (Å²) >= 11 is 0. The van der Waals surface area contributed by atoms with E-state index >= 15 is 0 Å². The van der Waals surface area contributed by atoms with Crippen molar-refractivity contribution in [1.29, 1.82) is 0 Å². The highest BCUT2D eigenvalue weighted by atomic mass is 35.5. The van der Waals surface area contributed by atoms with Crippen molar-refractivity contribution in [3.05, 3.63) is 48.2 Å². The molecule has 5 heteroatoms. The molecule has 116 valence electrons. The number of halogens is 1. The Hall–Kier alpha value is -1.52. The van der Waals surface area contributed by atoms with Gasteiger partial charge in [-0.3, -0.25) is 4.90 Å². The van der Waals surface area contributed by atoms with E-state index in [2.05, 4.69) is 35.9 Å². The van der Waals surface area contributed by atoms with E-state index in [4.69, 9.17) is 9.15 Å². The molecule has 1 aromatic carbocycles. The second-order valence-electron chi connectivity index (χ2n) is 4.63. The van der Waals surface area contributed by atoms with Crippen LogP contribution < -0.4 is 4.74 Å². The van der Waals surface area contributed by atoms with Gasteiger partial charge in [0, 0.05) is 6.54 Å². The van der Waals surface area contributed by atoms with Gasteiger partial charge in [-0.2, -0.15) is 0 Å². The van der Waals surface area contributed by atoms with Gasteiger partial charge in [0.1, 0.15) is 12.0 Å². The molecule has 0 radical (unpaired) electrons. The third kappa shape index (κ3) is 5.78. The van der Waals surface area contributed by atoms with Crippen LogP contribution in [-0.2, 0) is 13.0 Å². The third-order valence-electron chi connectivity index (χ3n) is 3.29. The van der Waals surface area contributed by atoms with Crippen molar-refractivity contribution in [2.24, 2.45) is 0 Å². The second kappa shape index (κ2) is 9.42.